The molecule has 5 nitrogen and oxygen atoms in total. The third-order valence-electron chi connectivity index (χ3n) is 4.28. The first-order chi connectivity index (χ1) is 11.2. The molecule has 0 bridgehead atoms. The van der Waals surface area contributed by atoms with Crippen molar-refractivity contribution in [2.24, 2.45) is 11.7 Å². The molecule has 0 saturated carbocycles. The first-order valence-electron chi connectivity index (χ1n) is 7.70. The van der Waals surface area contributed by atoms with Gasteiger partial charge < -0.3 is 11.1 Å². The third kappa shape index (κ3) is 4.47. The molecule has 0 spiro atoms. The van der Waals surface area contributed by atoms with E-state index in [-0.39, 0.29) is 18.9 Å². The van der Waals surface area contributed by atoms with Gasteiger partial charge in [0.25, 0.3) is 0 Å². The summed E-state index contributed by atoms with van der Waals surface area (Å²) >= 11 is 0. The highest BCUT2D eigenvalue weighted by Crippen LogP contribution is 2.33. The Kier molecular flexibility index (Phi) is 5.48. The van der Waals surface area contributed by atoms with Crippen LogP contribution < -0.4 is 11.1 Å². The molecular weight excluding hydrogens is 323 g/mol. The SMILES string of the molecule is CC(C(=O)Nc1ccc(C(N)=O)cc1)N1CCCC(C(F)(F)F)C1. The summed E-state index contributed by atoms with van der Waals surface area (Å²) in [6.07, 6.45) is -3.72. The van der Waals surface area contributed by atoms with E-state index in [1.54, 1.807) is 11.8 Å². The van der Waals surface area contributed by atoms with E-state index < -0.39 is 24.0 Å². The Morgan fingerprint density at radius 1 is 1.29 bits per heavy atom. The monoisotopic (exact) mass is 343 g/mol. The van der Waals surface area contributed by atoms with Crippen LogP contribution in [0.4, 0.5) is 18.9 Å². The highest BCUT2D eigenvalue weighted by Gasteiger charge is 2.43. The molecule has 2 rings (SSSR count). The predicted molar refractivity (Wildman–Crippen MR) is 83.4 cm³/mol. The molecule has 2 atom stereocenters. The zero-order chi connectivity index (χ0) is 17.9. The van der Waals surface area contributed by atoms with Gasteiger partial charge in [-0.15, -0.1) is 0 Å². The number of anilines is 1. The van der Waals surface area contributed by atoms with E-state index in [9.17, 15) is 22.8 Å². The van der Waals surface area contributed by atoms with E-state index in [4.69, 9.17) is 5.73 Å². The summed E-state index contributed by atoms with van der Waals surface area (Å²) < 4.78 is 38.6. The summed E-state index contributed by atoms with van der Waals surface area (Å²) in [4.78, 5) is 24.8. The molecule has 2 unspecified atom stereocenters. The van der Waals surface area contributed by atoms with Gasteiger partial charge >= 0.3 is 6.18 Å². The fraction of sp³-hybridized carbons (Fsp3) is 0.500. The molecule has 0 aromatic heterocycles. The highest BCUT2D eigenvalue weighted by molar-refractivity contribution is 5.96. The van der Waals surface area contributed by atoms with Crippen molar-refractivity contribution in [3.63, 3.8) is 0 Å². The number of alkyl halides is 3. The van der Waals surface area contributed by atoms with Gasteiger partial charge in [0.05, 0.1) is 12.0 Å². The van der Waals surface area contributed by atoms with E-state index in [2.05, 4.69) is 5.32 Å². The molecule has 1 aliphatic rings. The number of rotatable bonds is 4. The van der Waals surface area contributed by atoms with Crippen LogP contribution in [0, 0.1) is 5.92 Å². The first-order valence-corrected chi connectivity index (χ1v) is 7.70. The summed E-state index contributed by atoms with van der Waals surface area (Å²) in [7, 11) is 0. The normalized spacial score (nSPS) is 20.4. The van der Waals surface area contributed by atoms with Crippen molar-refractivity contribution >= 4 is 17.5 Å². The van der Waals surface area contributed by atoms with E-state index in [1.165, 1.54) is 24.3 Å². The van der Waals surface area contributed by atoms with Crippen LogP contribution in [-0.2, 0) is 4.79 Å². The molecule has 1 heterocycles. The molecule has 3 N–H and O–H groups in total. The Labute approximate surface area is 138 Å². The van der Waals surface area contributed by atoms with Crippen LogP contribution in [0.3, 0.4) is 0 Å². The van der Waals surface area contributed by atoms with Crippen LogP contribution in [0.1, 0.15) is 30.1 Å². The van der Waals surface area contributed by atoms with Crippen molar-refractivity contribution < 1.29 is 22.8 Å². The van der Waals surface area contributed by atoms with Gasteiger partial charge in [-0.3, -0.25) is 14.5 Å². The predicted octanol–water partition coefficient (Wildman–Crippen LogP) is 2.39. The highest BCUT2D eigenvalue weighted by atomic mass is 19.4. The lowest BCUT2D eigenvalue weighted by atomic mass is 9.96. The molecule has 0 aliphatic carbocycles. The van der Waals surface area contributed by atoms with Crippen LogP contribution in [0.2, 0.25) is 0 Å². The third-order valence-corrected chi connectivity index (χ3v) is 4.28. The molecule has 8 heteroatoms. The van der Waals surface area contributed by atoms with Crippen molar-refractivity contribution in [2.75, 3.05) is 18.4 Å². The zero-order valence-corrected chi connectivity index (χ0v) is 13.3. The zero-order valence-electron chi connectivity index (χ0n) is 13.3. The van der Waals surface area contributed by atoms with Gasteiger partial charge in [0.1, 0.15) is 0 Å². The van der Waals surface area contributed by atoms with E-state index >= 15 is 0 Å². The number of likely N-dealkylation sites (tertiary alicyclic amines) is 1. The van der Waals surface area contributed by atoms with Crippen LogP contribution in [0.5, 0.6) is 0 Å². The van der Waals surface area contributed by atoms with Crippen LogP contribution >= 0.6 is 0 Å². The molecule has 1 aromatic carbocycles. The number of nitrogens with zero attached hydrogens (tertiary/aromatic N) is 1. The van der Waals surface area contributed by atoms with Gasteiger partial charge in [-0.1, -0.05) is 0 Å². The van der Waals surface area contributed by atoms with Crippen LogP contribution in [-0.4, -0.2) is 42.0 Å². The number of amides is 2. The number of hydrogen-bond donors (Lipinski definition) is 2. The maximum absolute atomic E-state index is 12.9. The first kappa shape index (κ1) is 18.3. The molecule has 0 radical (unpaired) electrons. The second-order valence-electron chi connectivity index (χ2n) is 5.98. The number of piperidine rings is 1. The van der Waals surface area contributed by atoms with Gasteiger partial charge in [-0.05, 0) is 50.6 Å². The average Bonchev–Trinajstić information content (AvgIpc) is 2.54. The number of carbonyl (C=O) groups is 2. The average molecular weight is 343 g/mol. The van der Waals surface area contributed by atoms with E-state index in [1.807, 2.05) is 0 Å². The number of hydrogen-bond acceptors (Lipinski definition) is 3. The van der Waals surface area contributed by atoms with Crippen molar-refractivity contribution in [2.45, 2.75) is 32.0 Å². The molecule has 24 heavy (non-hydrogen) atoms. The minimum atomic E-state index is -4.24. The molecule has 1 aliphatic heterocycles. The van der Waals surface area contributed by atoms with Crippen LogP contribution in [0.15, 0.2) is 24.3 Å². The molecule has 1 saturated heterocycles. The Morgan fingerprint density at radius 3 is 2.46 bits per heavy atom. The standard InChI is InChI=1S/C16H20F3N3O2/c1-10(22-8-2-3-12(9-22)16(17,18)19)15(24)21-13-6-4-11(5-7-13)14(20)23/h4-7,10,12H,2-3,8-9H2,1H3,(H2,20,23)(H,21,24). The maximum atomic E-state index is 12.9. The van der Waals surface area contributed by atoms with Gasteiger partial charge in [0.2, 0.25) is 11.8 Å². The lowest BCUT2D eigenvalue weighted by Crippen LogP contribution is -2.49. The smallest absolute Gasteiger partial charge is 0.366 e. The Hall–Kier alpha value is -2.09. The molecular formula is C16H20F3N3O2. The number of nitrogens with one attached hydrogen (secondary N) is 1. The quantitative estimate of drug-likeness (QED) is 0.881. The summed E-state index contributed by atoms with van der Waals surface area (Å²) in [5.74, 6) is -2.35. The second kappa shape index (κ2) is 7.21. The second-order valence-corrected chi connectivity index (χ2v) is 5.98. The number of carbonyl (C=O) groups excluding carboxylic acids is 2. The Bertz CT molecular complexity index is 602. The number of nitrogens with two attached hydrogens (primary N) is 1. The number of primary amides is 1. The lowest BCUT2D eigenvalue weighted by molar-refractivity contribution is -0.188. The summed E-state index contributed by atoms with van der Waals surface area (Å²) in [5.41, 5.74) is 5.90. The van der Waals surface area contributed by atoms with Crippen molar-refractivity contribution in [3.8, 4) is 0 Å². The van der Waals surface area contributed by atoms with Crippen molar-refractivity contribution in [1.29, 1.82) is 0 Å². The van der Waals surface area contributed by atoms with Crippen LogP contribution in [0.25, 0.3) is 0 Å². The van der Waals surface area contributed by atoms with Gasteiger partial charge in [-0.25, -0.2) is 0 Å². The summed E-state index contributed by atoms with van der Waals surface area (Å²) in [6, 6.07) is 5.33. The van der Waals surface area contributed by atoms with E-state index in [0.717, 1.165) is 0 Å². The maximum Gasteiger partial charge on any atom is 0.393 e. The molecule has 2 amide bonds. The van der Waals surface area contributed by atoms with E-state index in [0.29, 0.717) is 24.2 Å². The summed E-state index contributed by atoms with van der Waals surface area (Å²) in [6.45, 7) is 1.88. The minimum Gasteiger partial charge on any atom is -0.366 e. The van der Waals surface area contributed by atoms with Crippen molar-refractivity contribution in [3.05, 3.63) is 29.8 Å². The van der Waals surface area contributed by atoms with Gasteiger partial charge in [-0.2, -0.15) is 13.2 Å². The molecule has 132 valence electrons. The lowest BCUT2D eigenvalue weighted by Gasteiger charge is -2.36. The Balaban J connectivity index is 1.97. The Morgan fingerprint density at radius 2 is 1.92 bits per heavy atom. The fourth-order valence-corrected chi connectivity index (χ4v) is 2.76. The number of halogens is 3. The van der Waals surface area contributed by atoms with Gasteiger partial charge in [0.15, 0.2) is 0 Å². The minimum absolute atomic E-state index is 0.100. The largest absolute Gasteiger partial charge is 0.393 e. The summed E-state index contributed by atoms with van der Waals surface area (Å²) in [5, 5.41) is 2.64. The van der Waals surface area contributed by atoms with Gasteiger partial charge in [0, 0.05) is 17.8 Å². The van der Waals surface area contributed by atoms with Crippen molar-refractivity contribution in [1.82, 2.24) is 4.90 Å². The fourth-order valence-electron chi connectivity index (χ4n) is 2.76. The number of benzene rings is 1. The topological polar surface area (TPSA) is 75.4 Å². The molecule has 1 fully saturated rings. The molecule has 1 aromatic rings.